The van der Waals surface area contributed by atoms with Crippen LogP contribution >= 0.6 is 0 Å². The Bertz CT molecular complexity index is 1330. The molecular weight excluding hydrogens is 468 g/mol. The molecule has 2 aliphatic heterocycles. The number of amides is 1. The second-order valence-electron chi connectivity index (χ2n) is 8.51. The summed E-state index contributed by atoms with van der Waals surface area (Å²) in [5.74, 6) is 0.611. The molecular formula is C26H26N2O6S. The Morgan fingerprint density at radius 2 is 1.63 bits per heavy atom. The van der Waals surface area contributed by atoms with E-state index in [1.54, 1.807) is 35.2 Å². The Kier molecular flexibility index (Phi) is 6.36. The SMILES string of the molecule is CC1CN(C(=O)c2ccccc2NS(=O)(=O)c2ccc3c(c2)OCCO3)CC(c2ccccc2)O1. The van der Waals surface area contributed by atoms with E-state index < -0.39 is 10.0 Å². The van der Waals surface area contributed by atoms with E-state index in [1.807, 2.05) is 37.3 Å². The Hall–Kier alpha value is -3.56. The van der Waals surface area contributed by atoms with Crippen molar-refractivity contribution in [3.05, 3.63) is 83.9 Å². The maximum atomic E-state index is 13.6. The number of carbonyl (C=O) groups excluding carboxylic acids is 1. The van der Waals surface area contributed by atoms with Crippen molar-refractivity contribution in [1.82, 2.24) is 4.90 Å². The summed E-state index contributed by atoms with van der Waals surface area (Å²) in [5, 5.41) is 0. The summed E-state index contributed by atoms with van der Waals surface area (Å²) in [4.78, 5) is 15.3. The van der Waals surface area contributed by atoms with Crippen LogP contribution in [0.1, 0.15) is 28.9 Å². The Morgan fingerprint density at radius 3 is 2.43 bits per heavy atom. The lowest BCUT2D eigenvalue weighted by Crippen LogP contribution is -2.46. The number of ether oxygens (including phenoxy) is 3. The molecule has 2 aliphatic rings. The van der Waals surface area contributed by atoms with Crippen LogP contribution in [0.5, 0.6) is 11.5 Å². The quantitative estimate of drug-likeness (QED) is 0.579. The van der Waals surface area contributed by atoms with E-state index in [1.165, 1.54) is 12.1 Å². The molecule has 2 atom stereocenters. The standard InChI is InChI=1S/C26H26N2O6S/c1-18-16-28(17-25(34-18)19-7-3-2-4-8-19)26(29)21-9-5-6-10-22(21)27-35(30,31)20-11-12-23-24(15-20)33-14-13-32-23/h2-12,15,18,25,27H,13-14,16-17H2,1H3. The highest BCUT2D eigenvalue weighted by atomic mass is 32.2. The molecule has 0 saturated carbocycles. The third kappa shape index (κ3) is 4.96. The molecule has 9 heteroatoms. The average molecular weight is 495 g/mol. The molecule has 0 bridgehead atoms. The maximum absolute atomic E-state index is 13.6. The molecule has 0 aliphatic carbocycles. The first-order valence-corrected chi connectivity index (χ1v) is 12.9. The predicted octanol–water partition coefficient (Wildman–Crippen LogP) is 3.86. The van der Waals surface area contributed by atoms with Crippen LogP contribution in [-0.2, 0) is 14.8 Å². The molecule has 1 fully saturated rings. The first kappa shape index (κ1) is 23.2. The summed E-state index contributed by atoms with van der Waals surface area (Å²) in [6.07, 6.45) is -0.426. The van der Waals surface area contributed by atoms with E-state index in [0.717, 1.165) is 5.56 Å². The molecule has 3 aromatic carbocycles. The van der Waals surface area contributed by atoms with Gasteiger partial charge in [0.2, 0.25) is 0 Å². The van der Waals surface area contributed by atoms with Gasteiger partial charge in [0, 0.05) is 12.6 Å². The van der Waals surface area contributed by atoms with Gasteiger partial charge in [-0.2, -0.15) is 0 Å². The molecule has 1 saturated heterocycles. The van der Waals surface area contributed by atoms with E-state index >= 15 is 0 Å². The number of morpholine rings is 1. The van der Waals surface area contributed by atoms with Crippen LogP contribution in [0.15, 0.2) is 77.7 Å². The van der Waals surface area contributed by atoms with Gasteiger partial charge in [-0.1, -0.05) is 42.5 Å². The van der Waals surface area contributed by atoms with E-state index in [4.69, 9.17) is 14.2 Å². The Morgan fingerprint density at radius 1 is 0.914 bits per heavy atom. The van der Waals surface area contributed by atoms with E-state index in [9.17, 15) is 13.2 Å². The highest BCUT2D eigenvalue weighted by Crippen LogP contribution is 2.33. The number of para-hydroxylation sites is 1. The van der Waals surface area contributed by atoms with Gasteiger partial charge in [-0.05, 0) is 36.8 Å². The van der Waals surface area contributed by atoms with Crippen molar-refractivity contribution in [3.8, 4) is 11.5 Å². The fourth-order valence-corrected chi connectivity index (χ4v) is 5.39. The summed E-state index contributed by atoms with van der Waals surface area (Å²) in [6, 6.07) is 20.8. The van der Waals surface area contributed by atoms with Gasteiger partial charge in [-0.15, -0.1) is 0 Å². The van der Waals surface area contributed by atoms with E-state index in [0.29, 0.717) is 37.8 Å². The van der Waals surface area contributed by atoms with Crippen molar-refractivity contribution < 1.29 is 27.4 Å². The molecule has 2 heterocycles. The number of rotatable bonds is 5. The number of hydrogen-bond donors (Lipinski definition) is 1. The number of nitrogens with one attached hydrogen (secondary N) is 1. The summed E-state index contributed by atoms with van der Waals surface area (Å²) < 4.78 is 46.0. The van der Waals surface area contributed by atoms with Gasteiger partial charge < -0.3 is 19.1 Å². The fourth-order valence-electron chi connectivity index (χ4n) is 4.29. The van der Waals surface area contributed by atoms with E-state index in [-0.39, 0.29) is 34.3 Å². The van der Waals surface area contributed by atoms with Gasteiger partial charge in [0.05, 0.1) is 28.8 Å². The number of benzene rings is 3. The summed E-state index contributed by atoms with van der Waals surface area (Å²) in [6.45, 7) is 3.47. The van der Waals surface area contributed by atoms with Crippen molar-refractivity contribution in [3.63, 3.8) is 0 Å². The lowest BCUT2D eigenvalue weighted by atomic mass is 10.1. The van der Waals surface area contributed by atoms with Gasteiger partial charge >= 0.3 is 0 Å². The van der Waals surface area contributed by atoms with Crippen molar-refractivity contribution >= 4 is 21.6 Å². The number of sulfonamides is 1. The summed E-state index contributed by atoms with van der Waals surface area (Å²) >= 11 is 0. The molecule has 182 valence electrons. The Labute approximate surface area is 204 Å². The van der Waals surface area contributed by atoms with Gasteiger partial charge in [-0.3, -0.25) is 9.52 Å². The van der Waals surface area contributed by atoms with Crippen LogP contribution < -0.4 is 14.2 Å². The zero-order valence-corrected chi connectivity index (χ0v) is 20.0. The number of anilines is 1. The molecule has 8 nitrogen and oxygen atoms in total. The van der Waals surface area contributed by atoms with Crippen LogP contribution in [0.25, 0.3) is 0 Å². The van der Waals surface area contributed by atoms with Crippen molar-refractivity contribution in [2.24, 2.45) is 0 Å². The first-order chi connectivity index (χ1) is 16.9. The summed E-state index contributed by atoms with van der Waals surface area (Å²) in [5.41, 5.74) is 1.47. The minimum Gasteiger partial charge on any atom is -0.486 e. The number of carbonyl (C=O) groups is 1. The Balaban J connectivity index is 1.39. The third-order valence-corrected chi connectivity index (χ3v) is 7.31. The van der Waals surface area contributed by atoms with Gasteiger partial charge in [0.1, 0.15) is 19.3 Å². The summed E-state index contributed by atoms with van der Waals surface area (Å²) in [7, 11) is -3.98. The average Bonchev–Trinajstić information content (AvgIpc) is 2.88. The van der Waals surface area contributed by atoms with Crippen LogP contribution in [-0.4, -0.2) is 51.6 Å². The maximum Gasteiger partial charge on any atom is 0.262 e. The molecule has 0 aromatic heterocycles. The molecule has 3 aromatic rings. The molecule has 1 amide bonds. The van der Waals surface area contributed by atoms with Crippen LogP contribution in [0.2, 0.25) is 0 Å². The van der Waals surface area contributed by atoms with E-state index in [2.05, 4.69) is 4.72 Å². The predicted molar refractivity (Wildman–Crippen MR) is 130 cm³/mol. The minimum atomic E-state index is -3.98. The van der Waals surface area contributed by atoms with Crippen LogP contribution in [0.3, 0.4) is 0 Å². The topological polar surface area (TPSA) is 94.2 Å². The largest absolute Gasteiger partial charge is 0.486 e. The molecule has 0 radical (unpaired) electrons. The minimum absolute atomic E-state index is 0.0214. The molecule has 0 spiro atoms. The van der Waals surface area contributed by atoms with Gasteiger partial charge in [-0.25, -0.2) is 8.42 Å². The van der Waals surface area contributed by atoms with Crippen LogP contribution in [0.4, 0.5) is 5.69 Å². The monoisotopic (exact) mass is 494 g/mol. The van der Waals surface area contributed by atoms with Crippen molar-refractivity contribution in [2.75, 3.05) is 31.0 Å². The molecule has 2 unspecified atom stereocenters. The smallest absolute Gasteiger partial charge is 0.262 e. The van der Waals surface area contributed by atoms with Gasteiger partial charge in [0.15, 0.2) is 11.5 Å². The zero-order chi connectivity index (χ0) is 24.4. The number of hydrogen-bond acceptors (Lipinski definition) is 6. The van der Waals surface area contributed by atoms with Crippen LogP contribution in [0, 0.1) is 0 Å². The third-order valence-electron chi connectivity index (χ3n) is 5.94. The molecule has 5 rings (SSSR count). The normalized spacial score (nSPS) is 19.7. The highest BCUT2D eigenvalue weighted by molar-refractivity contribution is 7.92. The lowest BCUT2D eigenvalue weighted by Gasteiger charge is -2.37. The zero-order valence-electron chi connectivity index (χ0n) is 19.2. The fraction of sp³-hybridized carbons (Fsp3) is 0.269. The molecule has 1 N–H and O–H groups in total. The second kappa shape index (κ2) is 9.59. The highest BCUT2D eigenvalue weighted by Gasteiger charge is 2.31. The number of nitrogens with zero attached hydrogens (tertiary/aromatic N) is 1. The lowest BCUT2D eigenvalue weighted by molar-refractivity contribution is -0.0691. The first-order valence-electron chi connectivity index (χ1n) is 11.4. The van der Waals surface area contributed by atoms with Gasteiger partial charge in [0.25, 0.3) is 15.9 Å². The second-order valence-corrected chi connectivity index (χ2v) is 10.2. The van der Waals surface area contributed by atoms with Crippen molar-refractivity contribution in [1.29, 1.82) is 0 Å². The van der Waals surface area contributed by atoms with Crippen molar-refractivity contribution in [2.45, 2.75) is 24.0 Å². The molecule has 35 heavy (non-hydrogen) atoms. The number of fused-ring (bicyclic) bond motifs is 1.